The highest BCUT2D eigenvalue weighted by molar-refractivity contribution is 7.99. The van der Waals surface area contributed by atoms with Crippen LogP contribution in [-0.4, -0.2) is 33.9 Å². The Bertz CT molecular complexity index is 1220. The molecule has 7 nitrogen and oxygen atoms in total. The Hall–Kier alpha value is -2.19. The van der Waals surface area contributed by atoms with Crippen molar-refractivity contribution in [3.63, 3.8) is 0 Å². The van der Waals surface area contributed by atoms with Crippen molar-refractivity contribution in [1.29, 1.82) is 5.26 Å². The van der Waals surface area contributed by atoms with Gasteiger partial charge in [0, 0.05) is 11.5 Å². The van der Waals surface area contributed by atoms with Crippen molar-refractivity contribution in [3.8, 4) is 6.07 Å². The van der Waals surface area contributed by atoms with Crippen LogP contribution in [0, 0.1) is 18.3 Å². The predicted octanol–water partition coefficient (Wildman–Crippen LogP) is 4.17. The highest BCUT2D eigenvalue weighted by atomic mass is 32.2. The molecule has 0 radical (unpaired) electrons. The first-order chi connectivity index (χ1) is 15.0. The van der Waals surface area contributed by atoms with E-state index >= 15 is 0 Å². The van der Waals surface area contributed by atoms with Crippen LogP contribution in [0.25, 0.3) is 10.2 Å². The zero-order valence-electron chi connectivity index (χ0n) is 17.3. The van der Waals surface area contributed by atoms with E-state index in [1.54, 1.807) is 16.0 Å². The van der Waals surface area contributed by atoms with Gasteiger partial charge in [0.15, 0.2) is 5.16 Å². The molecule has 1 unspecified atom stereocenters. The lowest BCUT2D eigenvalue weighted by Gasteiger charge is -2.16. The maximum atomic E-state index is 13.4. The molecule has 0 spiro atoms. The van der Waals surface area contributed by atoms with E-state index < -0.39 is 0 Å². The predicted molar refractivity (Wildman–Crippen MR) is 125 cm³/mol. The third-order valence-electron chi connectivity index (χ3n) is 5.21. The maximum Gasteiger partial charge on any atom is 0.263 e. The number of aromatic nitrogens is 2. The Kier molecular flexibility index (Phi) is 6.77. The molecule has 3 aromatic heterocycles. The highest BCUT2D eigenvalue weighted by Crippen LogP contribution is 2.30. The summed E-state index contributed by atoms with van der Waals surface area (Å²) < 4.78 is 7.43. The molecule has 4 heterocycles. The molecular weight excluding hydrogens is 452 g/mol. The monoisotopic (exact) mass is 474 g/mol. The maximum absolute atomic E-state index is 13.4. The topological polar surface area (TPSA) is 97.0 Å². The third kappa shape index (κ3) is 4.55. The number of thioether (sulfide) groups is 1. The van der Waals surface area contributed by atoms with Crippen molar-refractivity contribution in [2.75, 3.05) is 17.7 Å². The van der Waals surface area contributed by atoms with E-state index in [1.807, 2.05) is 13.8 Å². The Labute approximate surface area is 192 Å². The fourth-order valence-electron chi connectivity index (χ4n) is 3.71. The number of anilines is 1. The summed E-state index contributed by atoms with van der Waals surface area (Å²) in [5.41, 5.74) is 1.43. The number of nitriles is 1. The van der Waals surface area contributed by atoms with Gasteiger partial charge in [-0.25, -0.2) is 4.98 Å². The summed E-state index contributed by atoms with van der Waals surface area (Å²) in [6, 6.07) is 3.74. The van der Waals surface area contributed by atoms with Crippen molar-refractivity contribution in [2.45, 2.75) is 50.9 Å². The van der Waals surface area contributed by atoms with E-state index in [1.165, 1.54) is 34.4 Å². The van der Waals surface area contributed by atoms with Crippen LogP contribution in [0.4, 0.5) is 5.00 Å². The molecule has 0 saturated carbocycles. The lowest BCUT2D eigenvalue weighted by molar-refractivity contribution is -0.113. The molecule has 1 aliphatic rings. The van der Waals surface area contributed by atoms with Gasteiger partial charge in [0.25, 0.3) is 5.56 Å². The van der Waals surface area contributed by atoms with Gasteiger partial charge in [-0.1, -0.05) is 18.7 Å². The summed E-state index contributed by atoms with van der Waals surface area (Å²) in [7, 11) is 0. The number of ether oxygens (including phenoxy) is 1. The van der Waals surface area contributed by atoms with Gasteiger partial charge in [0.2, 0.25) is 5.91 Å². The summed E-state index contributed by atoms with van der Waals surface area (Å²) >= 11 is 4.07. The number of carbonyl (C=O) groups is 1. The smallest absolute Gasteiger partial charge is 0.263 e. The number of hydrogen-bond donors (Lipinski definition) is 1. The average Bonchev–Trinajstić information content (AvgIpc) is 3.48. The van der Waals surface area contributed by atoms with Gasteiger partial charge in [-0.3, -0.25) is 14.2 Å². The minimum Gasteiger partial charge on any atom is -0.376 e. The summed E-state index contributed by atoms with van der Waals surface area (Å²) in [4.78, 5) is 32.5. The molecule has 162 valence electrons. The summed E-state index contributed by atoms with van der Waals surface area (Å²) in [5, 5.41) is 15.4. The Morgan fingerprint density at radius 3 is 3.06 bits per heavy atom. The van der Waals surface area contributed by atoms with Crippen molar-refractivity contribution in [2.24, 2.45) is 0 Å². The molecule has 1 aliphatic heterocycles. The van der Waals surface area contributed by atoms with Crippen LogP contribution in [0.5, 0.6) is 0 Å². The second kappa shape index (κ2) is 9.53. The van der Waals surface area contributed by atoms with Crippen LogP contribution in [-0.2, 0) is 22.5 Å². The normalized spacial score (nSPS) is 16.0. The zero-order chi connectivity index (χ0) is 22.0. The van der Waals surface area contributed by atoms with Crippen LogP contribution in [0.2, 0.25) is 0 Å². The SMILES string of the molecule is CCc1c(C)sc2nc(SCC(=O)Nc3sccc3C#N)n(CC3CCCO3)c(=O)c12. The fourth-order valence-corrected chi connectivity index (χ4v) is 6.42. The standard InChI is InChI=1S/C21H22N4O3S3/c1-3-15-12(2)31-19-17(15)20(27)25(10-14-5-4-7-28-14)21(24-19)30-11-16(26)23-18-13(9-22)6-8-29-18/h6,8,14H,3-5,7,10-11H2,1-2H3,(H,23,26). The quantitative estimate of drug-likeness (QED) is 0.408. The van der Waals surface area contributed by atoms with Gasteiger partial charge in [0.1, 0.15) is 15.9 Å². The number of nitrogens with one attached hydrogen (secondary N) is 1. The van der Waals surface area contributed by atoms with Crippen LogP contribution in [0.15, 0.2) is 21.4 Å². The molecule has 1 N–H and O–H groups in total. The zero-order valence-corrected chi connectivity index (χ0v) is 19.7. The largest absolute Gasteiger partial charge is 0.376 e. The summed E-state index contributed by atoms with van der Waals surface area (Å²) in [5.74, 6) is -0.143. The Balaban J connectivity index is 1.62. The summed E-state index contributed by atoms with van der Waals surface area (Å²) in [6.45, 7) is 5.21. The van der Waals surface area contributed by atoms with E-state index in [4.69, 9.17) is 15.0 Å². The lowest BCUT2D eigenvalue weighted by atomic mass is 10.1. The van der Waals surface area contributed by atoms with Crippen LogP contribution >= 0.6 is 34.4 Å². The minimum absolute atomic E-state index is 0.0146. The van der Waals surface area contributed by atoms with Crippen LogP contribution in [0.1, 0.15) is 35.8 Å². The van der Waals surface area contributed by atoms with Gasteiger partial charge in [-0.15, -0.1) is 22.7 Å². The number of nitrogens with zero attached hydrogens (tertiary/aromatic N) is 3. The fraction of sp³-hybridized carbons (Fsp3) is 0.429. The second-order valence-corrected chi connectivity index (χ2v) is 10.3. The molecule has 4 rings (SSSR count). The number of amides is 1. The Morgan fingerprint density at radius 1 is 1.52 bits per heavy atom. The van der Waals surface area contributed by atoms with E-state index in [0.717, 1.165) is 34.5 Å². The number of hydrogen-bond acceptors (Lipinski definition) is 8. The molecule has 1 amide bonds. The molecule has 0 aromatic carbocycles. The van der Waals surface area contributed by atoms with Crippen molar-refractivity contribution in [1.82, 2.24) is 9.55 Å². The first-order valence-corrected chi connectivity index (χ1v) is 12.7. The van der Waals surface area contributed by atoms with E-state index in [2.05, 4.69) is 11.4 Å². The van der Waals surface area contributed by atoms with E-state index in [9.17, 15) is 9.59 Å². The van der Waals surface area contributed by atoms with E-state index in [0.29, 0.717) is 34.3 Å². The van der Waals surface area contributed by atoms with Gasteiger partial charge in [0.05, 0.1) is 29.4 Å². The molecule has 1 atom stereocenters. The van der Waals surface area contributed by atoms with Crippen LogP contribution in [0.3, 0.4) is 0 Å². The minimum atomic E-state index is -0.237. The first-order valence-electron chi connectivity index (χ1n) is 10.1. The second-order valence-electron chi connectivity index (χ2n) is 7.23. The molecule has 0 aliphatic carbocycles. The molecule has 10 heteroatoms. The van der Waals surface area contributed by atoms with E-state index in [-0.39, 0.29) is 23.3 Å². The molecule has 0 bridgehead atoms. The van der Waals surface area contributed by atoms with Gasteiger partial charge in [-0.05, 0) is 43.2 Å². The highest BCUT2D eigenvalue weighted by Gasteiger charge is 2.23. The number of rotatable bonds is 7. The average molecular weight is 475 g/mol. The van der Waals surface area contributed by atoms with Crippen molar-refractivity contribution >= 4 is 55.6 Å². The summed E-state index contributed by atoms with van der Waals surface area (Å²) in [6.07, 6.45) is 2.66. The van der Waals surface area contributed by atoms with Gasteiger partial charge >= 0.3 is 0 Å². The molecule has 1 saturated heterocycles. The lowest BCUT2D eigenvalue weighted by Crippen LogP contribution is -2.29. The number of carbonyl (C=O) groups excluding carboxylic acids is 1. The molecule has 3 aromatic rings. The number of aryl methyl sites for hydroxylation is 2. The third-order valence-corrected chi connectivity index (χ3v) is 8.06. The Morgan fingerprint density at radius 2 is 2.35 bits per heavy atom. The molecular formula is C21H22N4O3S3. The molecule has 31 heavy (non-hydrogen) atoms. The number of thiophene rings is 2. The van der Waals surface area contributed by atoms with Gasteiger partial charge in [-0.2, -0.15) is 5.26 Å². The first kappa shape index (κ1) is 22.0. The van der Waals surface area contributed by atoms with Crippen molar-refractivity contribution in [3.05, 3.63) is 37.8 Å². The number of fused-ring (bicyclic) bond motifs is 1. The van der Waals surface area contributed by atoms with Crippen molar-refractivity contribution < 1.29 is 9.53 Å². The van der Waals surface area contributed by atoms with Gasteiger partial charge < -0.3 is 10.1 Å². The molecule has 1 fully saturated rings. The van der Waals surface area contributed by atoms with Crippen LogP contribution < -0.4 is 10.9 Å².